The molecule has 2 rings (SSSR count). The van der Waals surface area contributed by atoms with Crippen molar-refractivity contribution in [1.29, 1.82) is 0 Å². The Hall–Kier alpha value is -1.77. The zero-order chi connectivity index (χ0) is 17.2. The van der Waals surface area contributed by atoms with Crippen LogP contribution in [0, 0.1) is 0 Å². The molecule has 0 aromatic heterocycles. The van der Waals surface area contributed by atoms with Crippen LogP contribution >= 0.6 is 24.0 Å². The van der Waals surface area contributed by atoms with Crippen molar-refractivity contribution >= 4 is 35.8 Å². The highest BCUT2D eigenvalue weighted by Gasteiger charge is 2.22. The van der Waals surface area contributed by atoms with Gasteiger partial charge in [0.2, 0.25) is 5.91 Å². The first-order valence-electron chi connectivity index (χ1n) is 8.36. The summed E-state index contributed by atoms with van der Waals surface area (Å²) in [4.78, 5) is 16.3. The van der Waals surface area contributed by atoms with Crippen LogP contribution in [0.25, 0.3) is 0 Å². The molecule has 6 nitrogen and oxygen atoms in total. The monoisotopic (exact) mass is 458 g/mol. The van der Waals surface area contributed by atoms with E-state index >= 15 is 0 Å². The van der Waals surface area contributed by atoms with E-state index in [1.54, 1.807) is 6.08 Å². The van der Waals surface area contributed by atoms with Crippen LogP contribution in [-0.2, 0) is 11.3 Å². The largest absolute Gasteiger partial charge is 0.489 e. The lowest BCUT2D eigenvalue weighted by Crippen LogP contribution is -2.43. The molecule has 138 valence electrons. The molecule has 25 heavy (non-hydrogen) atoms. The summed E-state index contributed by atoms with van der Waals surface area (Å²) < 4.78 is 5.64. The van der Waals surface area contributed by atoms with Gasteiger partial charge >= 0.3 is 0 Å². The van der Waals surface area contributed by atoms with Gasteiger partial charge in [-0.15, -0.1) is 24.0 Å². The van der Waals surface area contributed by atoms with E-state index in [1.807, 2.05) is 31.2 Å². The lowest BCUT2D eigenvalue weighted by Gasteiger charge is -2.12. The number of carbonyl (C=O) groups is 1. The van der Waals surface area contributed by atoms with Crippen LogP contribution in [-0.4, -0.2) is 37.6 Å². The zero-order valence-corrected chi connectivity index (χ0v) is 16.9. The van der Waals surface area contributed by atoms with Gasteiger partial charge in [-0.2, -0.15) is 0 Å². The van der Waals surface area contributed by atoms with Crippen molar-refractivity contribution in [3.8, 4) is 5.75 Å². The number of hydrogen-bond acceptors (Lipinski definition) is 3. The maximum Gasteiger partial charge on any atom is 0.239 e. The Kier molecular flexibility index (Phi) is 9.98. The summed E-state index contributed by atoms with van der Waals surface area (Å²) in [5.41, 5.74) is 0.985. The second-order valence-corrected chi connectivity index (χ2v) is 5.60. The quantitative estimate of drug-likeness (QED) is 0.230. The van der Waals surface area contributed by atoms with Crippen molar-refractivity contribution in [1.82, 2.24) is 16.0 Å². The van der Waals surface area contributed by atoms with Gasteiger partial charge in [0.05, 0.1) is 13.1 Å². The van der Waals surface area contributed by atoms with Gasteiger partial charge in [-0.3, -0.25) is 4.79 Å². The number of rotatable bonds is 9. The highest BCUT2D eigenvalue weighted by molar-refractivity contribution is 14.0. The van der Waals surface area contributed by atoms with E-state index in [4.69, 9.17) is 4.74 Å². The number of guanidine groups is 1. The van der Waals surface area contributed by atoms with Crippen LogP contribution < -0.4 is 20.7 Å². The average Bonchev–Trinajstić information content (AvgIpc) is 3.40. The Labute approximate surface area is 166 Å². The summed E-state index contributed by atoms with van der Waals surface area (Å²) in [6, 6.07) is 8.14. The van der Waals surface area contributed by atoms with Crippen LogP contribution in [0.4, 0.5) is 0 Å². The summed E-state index contributed by atoms with van der Waals surface area (Å²) in [6.07, 6.45) is 3.88. The van der Waals surface area contributed by atoms with E-state index in [0.717, 1.165) is 30.7 Å². The van der Waals surface area contributed by atoms with Crippen molar-refractivity contribution in [2.45, 2.75) is 32.4 Å². The van der Waals surface area contributed by atoms with Crippen LogP contribution in [0.15, 0.2) is 41.9 Å². The lowest BCUT2D eigenvalue weighted by molar-refractivity contribution is -0.120. The molecular formula is C18H27IN4O2. The van der Waals surface area contributed by atoms with Gasteiger partial charge in [-0.25, -0.2) is 4.99 Å². The van der Waals surface area contributed by atoms with Gasteiger partial charge in [0, 0.05) is 18.2 Å². The number of para-hydroxylation sites is 1. The molecular weight excluding hydrogens is 431 g/mol. The standard InChI is InChI=1S/C18H26N4O2.HI/c1-3-11-24-16-8-6-5-7-14(16)12-20-18(19-4-2)21-13-17(23)22-15-9-10-15;/h3,5-8,15H,1,4,9-13H2,2H3,(H,22,23)(H2,19,20,21);1H. The van der Waals surface area contributed by atoms with Crippen molar-refractivity contribution in [2.24, 2.45) is 4.99 Å². The third-order valence-electron chi connectivity index (χ3n) is 3.44. The molecule has 1 fully saturated rings. The predicted molar refractivity (Wildman–Crippen MR) is 112 cm³/mol. The minimum absolute atomic E-state index is 0. The summed E-state index contributed by atoms with van der Waals surface area (Å²) in [5.74, 6) is 1.41. The number of hydrogen-bond donors (Lipinski definition) is 3. The van der Waals surface area contributed by atoms with Crippen molar-refractivity contribution < 1.29 is 9.53 Å². The van der Waals surface area contributed by atoms with E-state index < -0.39 is 0 Å². The van der Waals surface area contributed by atoms with Crippen LogP contribution in [0.2, 0.25) is 0 Å². The molecule has 1 aliphatic rings. The minimum atomic E-state index is -0.00202. The number of halogens is 1. The fourth-order valence-corrected chi connectivity index (χ4v) is 2.10. The van der Waals surface area contributed by atoms with E-state index in [2.05, 4.69) is 27.5 Å². The molecule has 1 amide bonds. The molecule has 0 aliphatic heterocycles. The zero-order valence-electron chi connectivity index (χ0n) is 14.6. The van der Waals surface area contributed by atoms with Gasteiger partial charge in [0.15, 0.2) is 5.96 Å². The Balaban J connectivity index is 0.00000312. The fourth-order valence-electron chi connectivity index (χ4n) is 2.10. The molecule has 0 heterocycles. The molecule has 3 N–H and O–H groups in total. The highest BCUT2D eigenvalue weighted by Crippen LogP contribution is 2.19. The minimum Gasteiger partial charge on any atom is -0.489 e. The lowest BCUT2D eigenvalue weighted by atomic mass is 10.2. The van der Waals surface area contributed by atoms with Gasteiger partial charge < -0.3 is 20.7 Å². The van der Waals surface area contributed by atoms with E-state index in [0.29, 0.717) is 25.2 Å². The Morgan fingerprint density at radius 1 is 1.36 bits per heavy atom. The molecule has 0 spiro atoms. The normalized spacial score (nSPS) is 13.4. The van der Waals surface area contributed by atoms with Gasteiger partial charge in [0.1, 0.15) is 12.4 Å². The van der Waals surface area contributed by atoms with Crippen molar-refractivity contribution in [2.75, 3.05) is 19.7 Å². The van der Waals surface area contributed by atoms with E-state index in [1.165, 1.54) is 0 Å². The number of benzene rings is 1. The summed E-state index contributed by atoms with van der Waals surface area (Å²) in [7, 11) is 0. The molecule has 1 aromatic carbocycles. The number of amides is 1. The maximum absolute atomic E-state index is 11.8. The fraction of sp³-hybridized carbons (Fsp3) is 0.444. The number of nitrogens with zero attached hydrogens (tertiary/aromatic N) is 1. The number of aliphatic imine (C=N–C) groups is 1. The van der Waals surface area contributed by atoms with Crippen LogP contribution in [0.5, 0.6) is 5.75 Å². The number of nitrogens with one attached hydrogen (secondary N) is 3. The second-order valence-electron chi connectivity index (χ2n) is 5.60. The van der Waals surface area contributed by atoms with Gasteiger partial charge in [-0.1, -0.05) is 30.9 Å². The summed E-state index contributed by atoms with van der Waals surface area (Å²) in [5, 5.41) is 9.14. The smallest absolute Gasteiger partial charge is 0.239 e. The molecule has 0 bridgehead atoms. The van der Waals surface area contributed by atoms with Gasteiger partial charge in [-0.05, 0) is 25.8 Å². The van der Waals surface area contributed by atoms with E-state index in [-0.39, 0.29) is 36.4 Å². The third-order valence-corrected chi connectivity index (χ3v) is 3.44. The summed E-state index contributed by atoms with van der Waals surface area (Å²) >= 11 is 0. The first-order valence-corrected chi connectivity index (χ1v) is 8.36. The molecule has 0 unspecified atom stereocenters. The molecule has 1 aromatic rings. The number of carbonyl (C=O) groups excluding carboxylic acids is 1. The first-order chi connectivity index (χ1) is 11.7. The molecule has 0 atom stereocenters. The van der Waals surface area contributed by atoms with Crippen molar-refractivity contribution in [3.05, 3.63) is 42.5 Å². The third kappa shape index (κ3) is 8.24. The van der Waals surface area contributed by atoms with Crippen molar-refractivity contribution in [3.63, 3.8) is 0 Å². The Morgan fingerprint density at radius 3 is 2.80 bits per heavy atom. The second kappa shape index (κ2) is 11.7. The Bertz CT molecular complexity index is 588. The van der Waals surface area contributed by atoms with E-state index in [9.17, 15) is 4.79 Å². The average molecular weight is 458 g/mol. The first kappa shape index (κ1) is 21.3. The van der Waals surface area contributed by atoms with Crippen LogP contribution in [0.3, 0.4) is 0 Å². The molecule has 0 radical (unpaired) electrons. The maximum atomic E-state index is 11.8. The predicted octanol–water partition coefficient (Wildman–Crippen LogP) is 2.20. The Morgan fingerprint density at radius 2 is 2.12 bits per heavy atom. The molecule has 1 aliphatic carbocycles. The molecule has 1 saturated carbocycles. The number of ether oxygens (including phenoxy) is 1. The molecule has 7 heteroatoms. The van der Waals surface area contributed by atoms with Crippen LogP contribution in [0.1, 0.15) is 25.3 Å². The summed E-state index contributed by atoms with van der Waals surface area (Å²) in [6.45, 7) is 7.52. The SMILES string of the molecule is C=CCOc1ccccc1CN=C(NCC)NCC(=O)NC1CC1.I. The highest BCUT2D eigenvalue weighted by atomic mass is 127. The topological polar surface area (TPSA) is 74.8 Å². The van der Waals surface area contributed by atoms with Gasteiger partial charge in [0.25, 0.3) is 0 Å². The molecule has 0 saturated heterocycles.